The Balaban J connectivity index is 0.817. The van der Waals surface area contributed by atoms with Crippen LogP contribution < -0.4 is 30.7 Å². The van der Waals surface area contributed by atoms with Gasteiger partial charge in [0.1, 0.15) is 53.8 Å². The van der Waals surface area contributed by atoms with Crippen molar-refractivity contribution in [1.29, 1.82) is 0 Å². The number of halogens is 1. The maximum atomic E-state index is 13.5. The second kappa shape index (κ2) is 22.4. The van der Waals surface area contributed by atoms with E-state index in [1.807, 2.05) is 13.0 Å². The van der Waals surface area contributed by atoms with E-state index < -0.39 is 24.1 Å². The summed E-state index contributed by atoms with van der Waals surface area (Å²) in [6, 6.07) is 19.0. The van der Waals surface area contributed by atoms with Crippen molar-refractivity contribution < 1.29 is 57.1 Å². The fourth-order valence-electron chi connectivity index (χ4n) is 7.85. The maximum absolute atomic E-state index is 13.5. The Kier molecular flexibility index (Phi) is 16.2. The van der Waals surface area contributed by atoms with E-state index in [1.165, 1.54) is 12.1 Å². The molecule has 1 aromatic heterocycles. The van der Waals surface area contributed by atoms with Crippen LogP contribution in [0.2, 0.25) is 5.02 Å². The fourth-order valence-corrected chi connectivity index (χ4v) is 8.12. The molecule has 66 heavy (non-hydrogen) atoms. The van der Waals surface area contributed by atoms with Gasteiger partial charge in [0.15, 0.2) is 11.2 Å². The number of aliphatic hydroxyl groups excluding tert-OH is 1. The normalized spacial score (nSPS) is 15.7. The van der Waals surface area contributed by atoms with Crippen LogP contribution in [-0.2, 0) is 23.8 Å². The molecule has 4 aromatic carbocycles. The van der Waals surface area contributed by atoms with Crippen LogP contribution in [-0.4, -0.2) is 106 Å². The highest BCUT2D eigenvalue weighted by Crippen LogP contribution is 2.39. The standard InChI is InChI=1S/C49H52ClN3O13/c1-3-63-43-28-45-37(26-36(43)29-22-30(47(51)57)24-31(23-29)52-2)41(56)27-44(66-45)34-12-11-33(25-38(34)50)64-20-18-61-16-14-60-15-17-62-19-21-65-42-9-5-7-35-46(42)49(59)53(48(35)58)39-13-10-32(54)6-4-8-40(39)55/h5,7,9,11-12,22-28,39,47,52,57H,3-4,6,8,10,13-21,51H2,1-2H3. The topological polar surface area (TPSA) is 215 Å². The molecular formula is C49H52ClN3O13. The number of nitrogens with zero attached hydrogens (tertiary/aromatic N) is 1. The molecule has 0 bridgehead atoms. The van der Waals surface area contributed by atoms with Crippen LogP contribution in [0.3, 0.4) is 0 Å². The number of hydrogen-bond acceptors (Lipinski definition) is 15. The minimum Gasteiger partial charge on any atom is -0.493 e. The molecule has 2 amide bonds. The van der Waals surface area contributed by atoms with Crippen LogP contribution in [0, 0.1) is 0 Å². The van der Waals surface area contributed by atoms with Gasteiger partial charge >= 0.3 is 0 Å². The Morgan fingerprint density at radius 3 is 2.20 bits per heavy atom. The summed E-state index contributed by atoms with van der Waals surface area (Å²) in [6.45, 7) is 4.31. The number of carbonyl (C=O) groups is 4. The van der Waals surface area contributed by atoms with Gasteiger partial charge in [0.05, 0.1) is 73.8 Å². The lowest BCUT2D eigenvalue weighted by atomic mass is 9.94. The molecule has 2 atom stereocenters. The molecule has 2 aliphatic rings. The van der Waals surface area contributed by atoms with E-state index >= 15 is 0 Å². The Morgan fingerprint density at radius 2 is 1.50 bits per heavy atom. The molecule has 17 heteroatoms. The number of fused-ring (bicyclic) bond motifs is 2. The van der Waals surface area contributed by atoms with Crippen molar-refractivity contribution in [3.05, 3.63) is 105 Å². The minimum atomic E-state index is -1.19. The number of hydrogen-bond donors (Lipinski definition) is 3. The molecule has 0 saturated heterocycles. The van der Waals surface area contributed by atoms with Gasteiger partial charge in [0.2, 0.25) is 0 Å². The highest BCUT2D eigenvalue weighted by molar-refractivity contribution is 6.33. The van der Waals surface area contributed by atoms with E-state index in [9.17, 15) is 29.1 Å². The quantitative estimate of drug-likeness (QED) is 0.0395. The summed E-state index contributed by atoms with van der Waals surface area (Å²) in [5.74, 6) is 0.134. The second-order valence-corrected chi connectivity index (χ2v) is 15.9. The monoisotopic (exact) mass is 925 g/mol. The molecular weight excluding hydrogens is 874 g/mol. The van der Waals surface area contributed by atoms with Crippen LogP contribution in [0.15, 0.2) is 82.0 Å². The van der Waals surface area contributed by atoms with E-state index in [-0.39, 0.29) is 85.3 Å². The Bertz CT molecular complexity index is 2650. The third kappa shape index (κ3) is 11.3. The van der Waals surface area contributed by atoms with Crippen molar-refractivity contribution in [3.63, 3.8) is 0 Å². The predicted octanol–water partition coefficient (Wildman–Crippen LogP) is 6.74. The van der Waals surface area contributed by atoms with Gasteiger partial charge in [0.25, 0.3) is 11.8 Å². The lowest BCUT2D eigenvalue weighted by Gasteiger charge is -2.26. The first-order valence-electron chi connectivity index (χ1n) is 21.8. The number of imide groups is 1. The summed E-state index contributed by atoms with van der Waals surface area (Å²) >= 11 is 6.67. The molecule has 0 spiro atoms. The number of ether oxygens (including phenoxy) is 6. The third-order valence-corrected chi connectivity index (χ3v) is 11.4. The molecule has 16 nitrogen and oxygen atoms in total. The summed E-state index contributed by atoms with van der Waals surface area (Å²) in [7, 11) is 1.76. The summed E-state index contributed by atoms with van der Waals surface area (Å²) < 4.78 is 40.7. The van der Waals surface area contributed by atoms with Crippen molar-refractivity contribution in [1.82, 2.24) is 4.90 Å². The van der Waals surface area contributed by atoms with Gasteiger partial charge in [-0.2, -0.15) is 0 Å². The van der Waals surface area contributed by atoms with Crippen LogP contribution in [0.5, 0.6) is 17.2 Å². The Hall–Kier alpha value is -6.14. The van der Waals surface area contributed by atoms with Crippen molar-refractivity contribution >= 4 is 51.6 Å². The minimum absolute atomic E-state index is 0.0214. The smallest absolute Gasteiger partial charge is 0.266 e. The molecule has 2 unspecified atom stereocenters. The maximum Gasteiger partial charge on any atom is 0.266 e. The zero-order valence-electron chi connectivity index (χ0n) is 36.7. The Labute approximate surface area is 385 Å². The lowest BCUT2D eigenvalue weighted by Crippen LogP contribution is -2.45. The van der Waals surface area contributed by atoms with Crippen LogP contribution in [0.1, 0.15) is 71.5 Å². The zero-order valence-corrected chi connectivity index (χ0v) is 37.5. The fraction of sp³-hybridized carbons (Fsp3) is 0.367. The van der Waals surface area contributed by atoms with Crippen molar-refractivity contribution in [2.75, 3.05) is 71.8 Å². The number of benzene rings is 4. The number of carbonyl (C=O) groups excluding carboxylic acids is 4. The molecule has 5 aromatic rings. The number of rotatable bonds is 21. The molecule has 4 N–H and O–H groups in total. The predicted molar refractivity (Wildman–Crippen MR) is 246 cm³/mol. The van der Waals surface area contributed by atoms with Gasteiger partial charge < -0.3 is 49.0 Å². The van der Waals surface area contributed by atoms with E-state index in [2.05, 4.69) is 5.32 Å². The first kappa shape index (κ1) is 47.8. The highest BCUT2D eigenvalue weighted by atomic mass is 35.5. The van der Waals surface area contributed by atoms with Crippen LogP contribution in [0.4, 0.5) is 5.69 Å². The van der Waals surface area contributed by atoms with Gasteiger partial charge in [-0.05, 0) is 85.5 Å². The van der Waals surface area contributed by atoms with Crippen LogP contribution in [0.25, 0.3) is 33.4 Å². The van der Waals surface area contributed by atoms with Crippen molar-refractivity contribution in [2.45, 2.75) is 51.3 Å². The van der Waals surface area contributed by atoms with Crippen molar-refractivity contribution in [2.24, 2.45) is 5.73 Å². The average molecular weight is 926 g/mol. The van der Waals surface area contributed by atoms with E-state index in [0.717, 1.165) is 10.6 Å². The molecule has 1 saturated carbocycles. The number of Topliss-reactive ketones (excluding diaryl/α,β-unsaturated/α-hetero) is 2. The van der Waals surface area contributed by atoms with Crippen LogP contribution >= 0.6 is 11.6 Å². The van der Waals surface area contributed by atoms with E-state index in [1.54, 1.807) is 61.6 Å². The Morgan fingerprint density at radius 1 is 0.773 bits per heavy atom. The second-order valence-electron chi connectivity index (χ2n) is 15.5. The molecule has 348 valence electrons. The number of amides is 2. The van der Waals surface area contributed by atoms with E-state index in [4.69, 9.17) is 50.2 Å². The summed E-state index contributed by atoms with van der Waals surface area (Å²) in [4.78, 5) is 66.0. The largest absolute Gasteiger partial charge is 0.493 e. The number of ketones is 2. The number of anilines is 1. The lowest BCUT2D eigenvalue weighted by molar-refractivity contribution is -0.125. The third-order valence-electron chi connectivity index (χ3n) is 11.1. The zero-order chi connectivity index (χ0) is 46.7. The van der Waals surface area contributed by atoms with Crippen molar-refractivity contribution in [3.8, 4) is 39.7 Å². The molecule has 1 fully saturated rings. The van der Waals surface area contributed by atoms with Gasteiger partial charge in [-0.1, -0.05) is 17.7 Å². The van der Waals surface area contributed by atoms with Gasteiger partial charge in [-0.25, -0.2) is 0 Å². The van der Waals surface area contributed by atoms with Gasteiger partial charge in [-0.15, -0.1) is 0 Å². The molecule has 7 rings (SSSR count). The average Bonchev–Trinajstić information content (AvgIpc) is 3.55. The molecule has 0 radical (unpaired) electrons. The summed E-state index contributed by atoms with van der Waals surface area (Å²) in [6.07, 6.45) is -0.0376. The highest BCUT2D eigenvalue weighted by Gasteiger charge is 2.44. The summed E-state index contributed by atoms with van der Waals surface area (Å²) in [5, 5.41) is 13.8. The summed E-state index contributed by atoms with van der Waals surface area (Å²) in [5.41, 5.74) is 9.14. The van der Waals surface area contributed by atoms with E-state index in [0.29, 0.717) is 95.6 Å². The first-order valence-corrected chi connectivity index (χ1v) is 22.2. The number of nitrogens with two attached hydrogens (primary N) is 1. The first-order chi connectivity index (χ1) is 32.0. The van der Waals surface area contributed by atoms with Gasteiger partial charge in [-0.3, -0.25) is 28.9 Å². The SMILES string of the molecule is CCOc1cc2oc(-c3ccc(OCCOCCOCCOCCOc4cccc5c4C(=O)N(C4CCC(=O)CCCC4=O)C5=O)cc3Cl)cc(=O)c2cc1-c1cc(NC)cc(C(N)O)c1. The number of aliphatic hydroxyl groups is 1. The molecule has 2 heterocycles. The number of nitrogens with one attached hydrogen (secondary N) is 1. The molecule has 1 aliphatic heterocycles. The molecule has 1 aliphatic carbocycles. The van der Waals surface area contributed by atoms with Gasteiger partial charge in [0, 0.05) is 55.3 Å².